The van der Waals surface area contributed by atoms with Crippen LogP contribution < -0.4 is 10.6 Å². The molecule has 1 aromatic carbocycles. The van der Waals surface area contributed by atoms with Gasteiger partial charge >= 0.3 is 6.03 Å². The Morgan fingerprint density at radius 1 is 1.15 bits per heavy atom. The number of ether oxygens (including phenoxy) is 1. The molecule has 0 spiro atoms. The molecule has 0 saturated carbocycles. The van der Waals surface area contributed by atoms with Crippen LogP contribution in [0.4, 0.5) is 10.5 Å². The lowest BCUT2D eigenvalue weighted by Crippen LogP contribution is -2.40. The molecule has 0 bridgehead atoms. The average Bonchev–Trinajstić information content (AvgIpc) is 2.68. The molecular weight excluding hydrogens is 356 g/mol. The predicted molar refractivity (Wildman–Crippen MR) is 96.1 cm³/mol. The van der Waals surface area contributed by atoms with Gasteiger partial charge in [-0.05, 0) is 35.9 Å². The smallest absolute Gasteiger partial charge is 0.319 e. The normalized spacial score (nSPS) is 15.4. The second-order valence-corrected chi connectivity index (χ2v) is 7.65. The van der Waals surface area contributed by atoms with E-state index in [0.29, 0.717) is 38.5 Å². The van der Waals surface area contributed by atoms with E-state index in [2.05, 4.69) is 15.6 Å². The molecule has 2 N–H and O–H groups in total. The van der Waals surface area contributed by atoms with Crippen LogP contribution in [0.2, 0.25) is 0 Å². The van der Waals surface area contributed by atoms with Gasteiger partial charge in [0.25, 0.3) is 0 Å². The van der Waals surface area contributed by atoms with Crippen molar-refractivity contribution in [2.75, 3.05) is 31.6 Å². The van der Waals surface area contributed by atoms with Crippen LogP contribution in [0, 0.1) is 0 Å². The van der Waals surface area contributed by atoms with Crippen molar-refractivity contribution in [3.63, 3.8) is 0 Å². The molecule has 9 heteroatoms. The molecule has 0 atom stereocenters. The number of hydrogen-bond donors (Lipinski definition) is 2. The second-order valence-electron chi connectivity index (χ2n) is 5.71. The molecule has 1 aliphatic rings. The predicted octanol–water partition coefficient (Wildman–Crippen LogP) is 1.42. The number of nitrogens with one attached hydrogen (secondary N) is 2. The largest absolute Gasteiger partial charge is 0.379 e. The summed E-state index contributed by atoms with van der Waals surface area (Å²) in [5.74, 6) is 0. The number of urea groups is 1. The third-order valence-electron chi connectivity index (χ3n) is 3.90. The Morgan fingerprint density at radius 2 is 1.88 bits per heavy atom. The maximum absolute atomic E-state index is 12.5. The van der Waals surface area contributed by atoms with Gasteiger partial charge in [0, 0.05) is 37.7 Å². The molecular formula is C17H20N4O4S. The molecule has 1 aromatic heterocycles. The summed E-state index contributed by atoms with van der Waals surface area (Å²) in [4.78, 5) is 16.1. The van der Waals surface area contributed by atoms with Crippen molar-refractivity contribution >= 4 is 21.7 Å². The molecule has 138 valence electrons. The number of sulfonamides is 1. The number of amides is 2. The quantitative estimate of drug-likeness (QED) is 0.822. The Bertz CT molecular complexity index is 835. The summed E-state index contributed by atoms with van der Waals surface area (Å²) in [6.07, 6.45) is 3.33. The van der Waals surface area contributed by atoms with E-state index in [1.807, 2.05) is 6.07 Å². The minimum Gasteiger partial charge on any atom is -0.379 e. The Labute approximate surface area is 152 Å². The first-order valence-corrected chi connectivity index (χ1v) is 9.61. The van der Waals surface area contributed by atoms with Gasteiger partial charge in [-0.2, -0.15) is 4.31 Å². The van der Waals surface area contributed by atoms with Crippen molar-refractivity contribution in [2.24, 2.45) is 0 Å². The Balaban J connectivity index is 1.58. The number of hydrogen-bond acceptors (Lipinski definition) is 5. The summed E-state index contributed by atoms with van der Waals surface area (Å²) in [6.45, 7) is 1.84. The zero-order valence-electron chi connectivity index (χ0n) is 14.1. The van der Waals surface area contributed by atoms with Gasteiger partial charge in [0.05, 0.1) is 18.1 Å². The molecule has 2 heterocycles. The van der Waals surface area contributed by atoms with Crippen molar-refractivity contribution in [3.8, 4) is 0 Å². The monoisotopic (exact) mass is 376 g/mol. The number of nitrogens with zero attached hydrogens (tertiary/aromatic N) is 2. The molecule has 0 radical (unpaired) electrons. The van der Waals surface area contributed by atoms with E-state index in [-0.39, 0.29) is 10.9 Å². The van der Waals surface area contributed by atoms with Gasteiger partial charge in [0.2, 0.25) is 10.0 Å². The molecule has 26 heavy (non-hydrogen) atoms. The number of carbonyl (C=O) groups is 1. The van der Waals surface area contributed by atoms with E-state index >= 15 is 0 Å². The fourth-order valence-electron chi connectivity index (χ4n) is 2.51. The summed E-state index contributed by atoms with van der Waals surface area (Å²) in [5, 5.41) is 5.39. The SMILES string of the molecule is O=C(NCc1cccnc1)Nc1ccc(S(=O)(=O)N2CCOCC2)cc1. The lowest BCUT2D eigenvalue weighted by Gasteiger charge is -2.26. The first-order valence-electron chi connectivity index (χ1n) is 8.17. The van der Waals surface area contributed by atoms with Crippen molar-refractivity contribution in [2.45, 2.75) is 11.4 Å². The molecule has 1 aliphatic heterocycles. The van der Waals surface area contributed by atoms with Crippen LogP contribution in [0.25, 0.3) is 0 Å². The van der Waals surface area contributed by atoms with Crippen molar-refractivity contribution in [1.29, 1.82) is 0 Å². The van der Waals surface area contributed by atoms with Crippen molar-refractivity contribution in [3.05, 3.63) is 54.4 Å². The summed E-state index contributed by atoms with van der Waals surface area (Å²) >= 11 is 0. The van der Waals surface area contributed by atoms with E-state index in [4.69, 9.17) is 4.74 Å². The van der Waals surface area contributed by atoms with Gasteiger partial charge in [-0.15, -0.1) is 0 Å². The summed E-state index contributed by atoms with van der Waals surface area (Å²) in [5.41, 5.74) is 1.39. The standard InChI is InChI=1S/C17H20N4O4S/c22-17(19-13-14-2-1-7-18-12-14)20-15-3-5-16(6-4-15)26(23,24)21-8-10-25-11-9-21/h1-7,12H,8-11,13H2,(H2,19,20,22). The van der Waals surface area contributed by atoms with Gasteiger partial charge < -0.3 is 15.4 Å². The van der Waals surface area contributed by atoms with Gasteiger partial charge in [0.1, 0.15) is 0 Å². The van der Waals surface area contributed by atoms with Crippen LogP contribution in [0.3, 0.4) is 0 Å². The first kappa shape index (κ1) is 18.3. The number of carbonyl (C=O) groups excluding carboxylic acids is 1. The third kappa shape index (κ3) is 4.57. The zero-order valence-corrected chi connectivity index (χ0v) is 14.9. The molecule has 1 saturated heterocycles. The molecule has 3 rings (SSSR count). The minimum absolute atomic E-state index is 0.195. The zero-order chi connectivity index (χ0) is 18.4. The topological polar surface area (TPSA) is 101 Å². The number of rotatable bonds is 5. The number of anilines is 1. The van der Waals surface area contributed by atoms with Crippen molar-refractivity contribution < 1.29 is 17.9 Å². The Morgan fingerprint density at radius 3 is 2.54 bits per heavy atom. The molecule has 0 aliphatic carbocycles. The summed E-state index contributed by atoms with van der Waals surface area (Å²) in [7, 11) is -3.54. The fourth-order valence-corrected chi connectivity index (χ4v) is 3.91. The van der Waals surface area contributed by atoms with E-state index in [0.717, 1.165) is 5.56 Å². The maximum atomic E-state index is 12.5. The number of benzene rings is 1. The van der Waals surface area contributed by atoms with Crippen LogP contribution in [0.1, 0.15) is 5.56 Å². The van der Waals surface area contributed by atoms with Crippen molar-refractivity contribution in [1.82, 2.24) is 14.6 Å². The molecule has 8 nitrogen and oxygen atoms in total. The van der Waals surface area contributed by atoms with Gasteiger partial charge in [-0.1, -0.05) is 6.07 Å². The van der Waals surface area contributed by atoms with Crippen LogP contribution in [0.15, 0.2) is 53.7 Å². The molecule has 0 unspecified atom stereocenters. The summed E-state index contributed by atoms with van der Waals surface area (Å²) < 4.78 is 31.7. The number of aromatic nitrogens is 1. The average molecular weight is 376 g/mol. The van der Waals surface area contributed by atoms with Crippen LogP contribution in [-0.2, 0) is 21.3 Å². The highest BCUT2D eigenvalue weighted by atomic mass is 32.2. The van der Waals surface area contributed by atoms with Crippen LogP contribution >= 0.6 is 0 Å². The first-order chi connectivity index (χ1) is 12.6. The van der Waals surface area contributed by atoms with Crippen LogP contribution in [-0.4, -0.2) is 50.0 Å². The number of morpholine rings is 1. The van der Waals surface area contributed by atoms with E-state index in [1.54, 1.807) is 30.6 Å². The molecule has 2 amide bonds. The fraction of sp³-hybridized carbons (Fsp3) is 0.294. The summed E-state index contributed by atoms with van der Waals surface area (Å²) in [6, 6.07) is 9.38. The van der Waals surface area contributed by atoms with E-state index < -0.39 is 10.0 Å². The third-order valence-corrected chi connectivity index (χ3v) is 5.81. The Kier molecular flexibility index (Phi) is 5.82. The highest BCUT2D eigenvalue weighted by Gasteiger charge is 2.26. The Hall–Kier alpha value is -2.49. The highest BCUT2D eigenvalue weighted by molar-refractivity contribution is 7.89. The van der Waals surface area contributed by atoms with Gasteiger partial charge in [0.15, 0.2) is 0 Å². The lowest BCUT2D eigenvalue weighted by atomic mass is 10.3. The molecule has 1 fully saturated rings. The van der Waals surface area contributed by atoms with Crippen LogP contribution in [0.5, 0.6) is 0 Å². The lowest BCUT2D eigenvalue weighted by molar-refractivity contribution is 0.0730. The van der Waals surface area contributed by atoms with E-state index in [9.17, 15) is 13.2 Å². The van der Waals surface area contributed by atoms with E-state index in [1.165, 1.54) is 16.4 Å². The number of pyridine rings is 1. The van der Waals surface area contributed by atoms with Gasteiger partial charge in [-0.3, -0.25) is 4.98 Å². The highest BCUT2D eigenvalue weighted by Crippen LogP contribution is 2.19. The van der Waals surface area contributed by atoms with Gasteiger partial charge in [-0.25, -0.2) is 13.2 Å². The minimum atomic E-state index is -3.54. The second kappa shape index (κ2) is 8.26. The maximum Gasteiger partial charge on any atom is 0.319 e. The molecule has 2 aromatic rings.